The van der Waals surface area contributed by atoms with Crippen molar-refractivity contribution in [2.75, 3.05) is 20.2 Å². The van der Waals surface area contributed by atoms with Crippen LogP contribution >= 0.6 is 0 Å². The number of nitrogens with zero attached hydrogens (tertiary/aromatic N) is 1. The first-order chi connectivity index (χ1) is 8.60. The highest BCUT2D eigenvalue weighted by Gasteiger charge is 2.28. The van der Waals surface area contributed by atoms with Gasteiger partial charge in [-0.1, -0.05) is 0 Å². The maximum Gasteiger partial charge on any atom is 0.333 e. The minimum atomic E-state index is -0.715. The number of ether oxygens (including phenoxy) is 2. The molecule has 6 heteroatoms. The molecule has 6 nitrogen and oxygen atoms in total. The van der Waals surface area contributed by atoms with E-state index in [2.05, 4.69) is 4.74 Å². The summed E-state index contributed by atoms with van der Waals surface area (Å²) in [5, 5.41) is 0. The Morgan fingerprint density at radius 3 is 2.22 bits per heavy atom. The number of carbonyl (C=O) groups is 3. The zero-order valence-electron chi connectivity index (χ0n) is 9.71. The van der Waals surface area contributed by atoms with Crippen LogP contribution in [0.15, 0.2) is 24.3 Å². The van der Waals surface area contributed by atoms with Gasteiger partial charge in [0.2, 0.25) is 0 Å². The van der Waals surface area contributed by atoms with E-state index in [0.29, 0.717) is 11.3 Å². The van der Waals surface area contributed by atoms with Gasteiger partial charge < -0.3 is 14.4 Å². The summed E-state index contributed by atoms with van der Waals surface area (Å²) in [6, 6.07) is 6.42. The number of morpholine rings is 1. The van der Waals surface area contributed by atoms with Gasteiger partial charge in [-0.3, -0.25) is 4.79 Å². The lowest BCUT2D eigenvalue weighted by molar-refractivity contribution is -0.165. The van der Waals surface area contributed by atoms with Crippen molar-refractivity contribution in [3.8, 4) is 5.75 Å². The molecule has 1 heterocycles. The standard InChI is InChI=1S/C12H11NO5/c1-17-9-4-2-8(3-5-9)12(16)13-6-10(14)18-11(15)7-13/h2-5H,6-7H2,1H3. The van der Waals surface area contributed by atoms with Crippen LogP contribution in [0.3, 0.4) is 0 Å². The molecule has 18 heavy (non-hydrogen) atoms. The third-order valence-electron chi connectivity index (χ3n) is 2.49. The Morgan fingerprint density at radius 2 is 1.72 bits per heavy atom. The predicted octanol–water partition coefficient (Wildman–Crippen LogP) is 0.221. The molecule has 94 valence electrons. The Kier molecular flexibility index (Phi) is 3.27. The second-order valence-corrected chi connectivity index (χ2v) is 3.74. The van der Waals surface area contributed by atoms with E-state index >= 15 is 0 Å². The fraction of sp³-hybridized carbons (Fsp3) is 0.250. The fourth-order valence-electron chi connectivity index (χ4n) is 1.62. The minimum Gasteiger partial charge on any atom is -0.497 e. The van der Waals surface area contributed by atoms with E-state index in [1.54, 1.807) is 24.3 Å². The molecule has 2 rings (SSSR count). The molecule has 1 aromatic rings. The first kappa shape index (κ1) is 12.1. The molecule has 1 amide bonds. The lowest BCUT2D eigenvalue weighted by Crippen LogP contribution is -2.46. The molecule has 0 N–H and O–H groups in total. The molecule has 1 fully saturated rings. The van der Waals surface area contributed by atoms with Crippen molar-refractivity contribution in [2.24, 2.45) is 0 Å². The number of rotatable bonds is 2. The fourth-order valence-corrected chi connectivity index (χ4v) is 1.62. The van der Waals surface area contributed by atoms with E-state index in [1.807, 2.05) is 0 Å². The summed E-state index contributed by atoms with van der Waals surface area (Å²) < 4.78 is 9.32. The highest BCUT2D eigenvalue weighted by molar-refractivity contribution is 6.01. The Morgan fingerprint density at radius 1 is 1.17 bits per heavy atom. The zero-order valence-corrected chi connectivity index (χ0v) is 9.71. The molecular formula is C12H11NO5. The normalized spacial score (nSPS) is 15.3. The molecule has 0 atom stereocenters. The van der Waals surface area contributed by atoms with Gasteiger partial charge in [0.25, 0.3) is 5.91 Å². The van der Waals surface area contributed by atoms with Crippen LogP contribution in [0.2, 0.25) is 0 Å². The second kappa shape index (κ2) is 4.87. The average Bonchev–Trinajstić information content (AvgIpc) is 2.37. The van der Waals surface area contributed by atoms with Crippen molar-refractivity contribution in [3.63, 3.8) is 0 Å². The molecule has 0 aromatic heterocycles. The molecule has 0 unspecified atom stereocenters. The van der Waals surface area contributed by atoms with E-state index in [9.17, 15) is 14.4 Å². The lowest BCUT2D eigenvalue weighted by atomic mass is 10.2. The van der Waals surface area contributed by atoms with Gasteiger partial charge in [0.1, 0.15) is 18.8 Å². The predicted molar refractivity (Wildman–Crippen MR) is 60.0 cm³/mol. The summed E-state index contributed by atoms with van der Waals surface area (Å²) in [6.07, 6.45) is 0. The van der Waals surface area contributed by atoms with Crippen molar-refractivity contribution >= 4 is 17.8 Å². The zero-order chi connectivity index (χ0) is 13.1. The largest absolute Gasteiger partial charge is 0.497 e. The molecule has 1 aromatic carbocycles. The van der Waals surface area contributed by atoms with Crippen LogP contribution in [0.5, 0.6) is 5.75 Å². The Labute approximate surface area is 103 Å². The van der Waals surface area contributed by atoms with Crippen LogP contribution in [-0.2, 0) is 14.3 Å². The number of hydrogen-bond acceptors (Lipinski definition) is 5. The average molecular weight is 249 g/mol. The molecule has 1 aliphatic heterocycles. The molecule has 0 aliphatic carbocycles. The van der Waals surface area contributed by atoms with Gasteiger partial charge in [-0.25, -0.2) is 9.59 Å². The summed E-state index contributed by atoms with van der Waals surface area (Å²) in [4.78, 5) is 35.3. The number of cyclic esters (lactones) is 2. The van der Waals surface area contributed by atoms with Gasteiger partial charge >= 0.3 is 11.9 Å². The maximum absolute atomic E-state index is 12.0. The lowest BCUT2D eigenvalue weighted by Gasteiger charge is -2.24. The number of esters is 2. The van der Waals surface area contributed by atoms with E-state index in [1.165, 1.54) is 7.11 Å². The summed E-state index contributed by atoms with van der Waals surface area (Å²) in [6.45, 7) is -0.423. The van der Waals surface area contributed by atoms with E-state index in [4.69, 9.17) is 4.74 Å². The van der Waals surface area contributed by atoms with Crippen molar-refractivity contribution in [2.45, 2.75) is 0 Å². The summed E-state index contributed by atoms with van der Waals surface area (Å²) >= 11 is 0. The molecule has 1 aliphatic rings. The van der Waals surface area contributed by atoms with E-state index in [-0.39, 0.29) is 19.0 Å². The van der Waals surface area contributed by atoms with Crippen LogP contribution in [0.25, 0.3) is 0 Å². The van der Waals surface area contributed by atoms with Gasteiger partial charge in [0, 0.05) is 5.56 Å². The van der Waals surface area contributed by atoms with Gasteiger partial charge in [0.05, 0.1) is 7.11 Å². The topological polar surface area (TPSA) is 72.9 Å². The van der Waals surface area contributed by atoms with Crippen LogP contribution in [-0.4, -0.2) is 42.9 Å². The van der Waals surface area contributed by atoms with Crippen molar-refractivity contribution in [1.29, 1.82) is 0 Å². The van der Waals surface area contributed by atoms with Gasteiger partial charge in [-0.05, 0) is 24.3 Å². The van der Waals surface area contributed by atoms with Crippen molar-refractivity contribution in [1.82, 2.24) is 4.90 Å². The monoisotopic (exact) mass is 249 g/mol. The highest BCUT2D eigenvalue weighted by Crippen LogP contribution is 2.14. The second-order valence-electron chi connectivity index (χ2n) is 3.74. The van der Waals surface area contributed by atoms with E-state index in [0.717, 1.165) is 4.90 Å². The van der Waals surface area contributed by atoms with Gasteiger partial charge in [0.15, 0.2) is 0 Å². The number of hydrogen-bond donors (Lipinski definition) is 0. The first-order valence-electron chi connectivity index (χ1n) is 5.27. The highest BCUT2D eigenvalue weighted by atomic mass is 16.6. The number of benzene rings is 1. The summed E-state index contributed by atoms with van der Waals surface area (Å²) in [5.74, 6) is -1.19. The third kappa shape index (κ3) is 2.48. The first-order valence-corrected chi connectivity index (χ1v) is 5.27. The molecule has 0 spiro atoms. The molecule has 1 saturated heterocycles. The van der Waals surface area contributed by atoms with Crippen LogP contribution in [0, 0.1) is 0 Å². The Bertz CT molecular complexity index is 478. The van der Waals surface area contributed by atoms with E-state index < -0.39 is 11.9 Å². The summed E-state index contributed by atoms with van der Waals surface area (Å²) in [7, 11) is 1.52. The molecule has 0 bridgehead atoms. The van der Waals surface area contributed by atoms with Gasteiger partial charge in [-0.15, -0.1) is 0 Å². The molecule has 0 saturated carbocycles. The maximum atomic E-state index is 12.0. The molecule has 0 radical (unpaired) electrons. The SMILES string of the molecule is COc1ccc(C(=O)N2CC(=O)OC(=O)C2)cc1. The quantitative estimate of drug-likeness (QED) is 0.553. The van der Waals surface area contributed by atoms with Crippen LogP contribution in [0.1, 0.15) is 10.4 Å². The Hall–Kier alpha value is -2.37. The van der Waals surface area contributed by atoms with Crippen molar-refractivity contribution in [3.05, 3.63) is 29.8 Å². The van der Waals surface area contributed by atoms with Crippen LogP contribution in [0.4, 0.5) is 0 Å². The Balaban J connectivity index is 2.14. The smallest absolute Gasteiger partial charge is 0.333 e. The summed E-state index contributed by atoms with van der Waals surface area (Å²) in [5.41, 5.74) is 0.387. The van der Waals surface area contributed by atoms with Crippen molar-refractivity contribution < 1.29 is 23.9 Å². The number of methoxy groups -OCH3 is 1. The number of carbonyl (C=O) groups excluding carboxylic acids is 3. The van der Waals surface area contributed by atoms with Crippen LogP contribution < -0.4 is 4.74 Å². The molecular weight excluding hydrogens is 238 g/mol. The van der Waals surface area contributed by atoms with Gasteiger partial charge in [-0.2, -0.15) is 0 Å². The number of amides is 1. The minimum absolute atomic E-state index is 0.212. The third-order valence-corrected chi connectivity index (χ3v) is 2.49.